The van der Waals surface area contributed by atoms with E-state index in [1.54, 1.807) is 0 Å². The molecule has 1 heteroatoms. The fourth-order valence-electron chi connectivity index (χ4n) is 2.57. The predicted molar refractivity (Wildman–Crippen MR) is 79.5 cm³/mol. The van der Waals surface area contributed by atoms with Crippen LogP contribution in [0, 0.1) is 5.92 Å². The van der Waals surface area contributed by atoms with E-state index >= 15 is 0 Å². The summed E-state index contributed by atoms with van der Waals surface area (Å²) in [5, 5.41) is 0. The van der Waals surface area contributed by atoms with Crippen LogP contribution in [0.1, 0.15) is 66.2 Å². The lowest BCUT2D eigenvalue weighted by molar-refractivity contribution is 0.284. The van der Waals surface area contributed by atoms with Crippen LogP contribution in [0.2, 0.25) is 0 Å². The molecule has 0 aromatic carbocycles. The molecule has 0 aliphatic heterocycles. The van der Waals surface area contributed by atoms with Crippen LogP contribution in [-0.2, 0) is 0 Å². The molecule has 0 aromatic rings. The highest BCUT2D eigenvalue weighted by Crippen LogP contribution is 2.22. The molecule has 0 bridgehead atoms. The highest BCUT2D eigenvalue weighted by molar-refractivity contribution is 5.03. The van der Waals surface area contributed by atoms with Crippen LogP contribution in [-0.4, -0.2) is 24.5 Å². The molecule has 0 saturated heterocycles. The van der Waals surface area contributed by atoms with Crippen LogP contribution < -0.4 is 0 Å². The van der Waals surface area contributed by atoms with Crippen LogP contribution in [0.25, 0.3) is 0 Å². The molecule has 0 aromatic heterocycles. The fourth-order valence-corrected chi connectivity index (χ4v) is 2.57. The van der Waals surface area contributed by atoms with E-state index in [1.165, 1.54) is 57.2 Å². The third-order valence-corrected chi connectivity index (χ3v) is 3.36. The summed E-state index contributed by atoms with van der Waals surface area (Å²) >= 11 is 0. The topological polar surface area (TPSA) is 3.24 Å². The summed E-state index contributed by atoms with van der Waals surface area (Å²) in [4.78, 5) is 2.57. The minimum absolute atomic E-state index is 0.751. The Morgan fingerprint density at radius 2 is 1.35 bits per heavy atom. The SMILES string of the molecule is C=C(CN(CCC)CCC)C(CCC)CCC. The smallest absolute Gasteiger partial charge is 0.0192 e. The average molecular weight is 239 g/mol. The maximum atomic E-state index is 4.35. The van der Waals surface area contributed by atoms with Crippen molar-refractivity contribution in [1.29, 1.82) is 0 Å². The fraction of sp³-hybridized carbons (Fsp3) is 0.875. The highest BCUT2D eigenvalue weighted by atomic mass is 15.1. The van der Waals surface area contributed by atoms with Gasteiger partial charge in [-0.05, 0) is 44.7 Å². The molecule has 0 fully saturated rings. The molecular weight excluding hydrogens is 206 g/mol. The number of nitrogens with zero attached hydrogens (tertiary/aromatic N) is 1. The van der Waals surface area contributed by atoms with E-state index in [0.29, 0.717) is 0 Å². The minimum atomic E-state index is 0.751. The summed E-state index contributed by atoms with van der Waals surface area (Å²) in [5.41, 5.74) is 1.47. The third-order valence-electron chi connectivity index (χ3n) is 3.36. The normalized spacial score (nSPS) is 11.4. The Morgan fingerprint density at radius 3 is 1.71 bits per heavy atom. The van der Waals surface area contributed by atoms with Crippen LogP contribution in [0.15, 0.2) is 12.2 Å². The van der Waals surface area contributed by atoms with Gasteiger partial charge >= 0.3 is 0 Å². The zero-order chi connectivity index (χ0) is 13.1. The van der Waals surface area contributed by atoms with Crippen molar-refractivity contribution in [3.05, 3.63) is 12.2 Å². The van der Waals surface area contributed by atoms with Crippen molar-refractivity contribution in [1.82, 2.24) is 4.90 Å². The van der Waals surface area contributed by atoms with E-state index in [2.05, 4.69) is 39.2 Å². The second kappa shape index (κ2) is 10.8. The maximum absolute atomic E-state index is 4.35. The van der Waals surface area contributed by atoms with E-state index in [4.69, 9.17) is 0 Å². The Labute approximate surface area is 109 Å². The van der Waals surface area contributed by atoms with Crippen molar-refractivity contribution in [3.8, 4) is 0 Å². The van der Waals surface area contributed by atoms with Gasteiger partial charge in [-0.2, -0.15) is 0 Å². The van der Waals surface area contributed by atoms with E-state index < -0.39 is 0 Å². The number of hydrogen-bond donors (Lipinski definition) is 0. The Kier molecular flexibility index (Phi) is 10.6. The molecule has 17 heavy (non-hydrogen) atoms. The van der Waals surface area contributed by atoms with Crippen LogP contribution in [0.4, 0.5) is 0 Å². The van der Waals surface area contributed by atoms with Gasteiger partial charge in [0.2, 0.25) is 0 Å². The van der Waals surface area contributed by atoms with E-state index in [9.17, 15) is 0 Å². The second-order valence-electron chi connectivity index (χ2n) is 5.21. The van der Waals surface area contributed by atoms with Crippen LogP contribution in [0.5, 0.6) is 0 Å². The summed E-state index contributed by atoms with van der Waals surface area (Å²) in [7, 11) is 0. The van der Waals surface area contributed by atoms with E-state index in [1.807, 2.05) is 0 Å². The third kappa shape index (κ3) is 7.59. The molecule has 0 aliphatic carbocycles. The van der Waals surface area contributed by atoms with Gasteiger partial charge in [0.25, 0.3) is 0 Å². The lowest BCUT2D eigenvalue weighted by atomic mass is 9.90. The number of rotatable bonds is 11. The standard InChI is InChI=1S/C16H33N/c1-6-10-16(11-7-2)15(5)14-17(12-8-3)13-9-4/h16H,5-14H2,1-4H3. The summed E-state index contributed by atoms with van der Waals surface area (Å²) in [5.74, 6) is 0.751. The molecule has 0 unspecified atom stereocenters. The van der Waals surface area contributed by atoms with Gasteiger partial charge in [-0.25, -0.2) is 0 Å². The lowest BCUT2D eigenvalue weighted by Gasteiger charge is -2.26. The summed E-state index contributed by atoms with van der Waals surface area (Å²) < 4.78 is 0. The summed E-state index contributed by atoms with van der Waals surface area (Å²) in [6.07, 6.45) is 7.70. The van der Waals surface area contributed by atoms with Crippen LogP contribution >= 0.6 is 0 Å². The average Bonchev–Trinajstić information content (AvgIpc) is 2.29. The first-order valence-electron chi connectivity index (χ1n) is 7.59. The predicted octanol–water partition coefficient (Wildman–Crippen LogP) is 4.88. The van der Waals surface area contributed by atoms with Gasteiger partial charge in [-0.15, -0.1) is 0 Å². The largest absolute Gasteiger partial charge is 0.299 e. The van der Waals surface area contributed by atoms with Crippen molar-refractivity contribution in [2.75, 3.05) is 19.6 Å². The molecule has 102 valence electrons. The molecule has 0 aliphatic rings. The van der Waals surface area contributed by atoms with E-state index in [-0.39, 0.29) is 0 Å². The van der Waals surface area contributed by atoms with E-state index in [0.717, 1.165) is 12.5 Å². The van der Waals surface area contributed by atoms with Gasteiger partial charge in [-0.3, -0.25) is 4.90 Å². The highest BCUT2D eigenvalue weighted by Gasteiger charge is 2.13. The molecule has 1 nitrogen and oxygen atoms in total. The Hall–Kier alpha value is -0.300. The molecule has 0 amide bonds. The van der Waals surface area contributed by atoms with Gasteiger partial charge in [0.1, 0.15) is 0 Å². The van der Waals surface area contributed by atoms with Crippen molar-refractivity contribution in [3.63, 3.8) is 0 Å². The molecule has 0 N–H and O–H groups in total. The molecule has 0 radical (unpaired) electrons. The van der Waals surface area contributed by atoms with Gasteiger partial charge in [-0.1, -0.05) is 52.7 Å². The Balaban J connectivity index is 4.22. The zero-order valence-electron chi connectivity index (χ0n) is 12.6. The van der Waals surface area contributed by atoms with Crippen molar-refractivity contribution in [2.45, 2.75) is 66.2 Å². The van der Waals surface area contributed by atoms with Gasteiger partial charge in [0.05, 0.1) is 0 Å². The number of hydrogen-bond acceptors (Lipinski definition) is 1. The van der Waals surface area contributed by atoms with Gasteiger partial charge < -0.3 is 0 Å². The molecule has 0 atom stereocenters. The molecule has 0 rings (SSSR count). The minimum Gasteiger partial charge on any atom is -0.299 e. The molecule has 0 heterocycles. The Bertz CT molecular complexity index is 174. The van der Waals surface area contributed by atoms with Crippen molar-refractivity contribution >= 4 is 0 Å². The van der Waals surface area contributed by atoms with Gasteiger partial charge in [0, 0.05) is 6.54 Å². The molecular formula is C16H33N. The molecule has 0 saturated carbocycles. The van der Waals surface area contributed by atoms with Gasteiger partial charge in [0.15, 0.2) is 0 Å². The quantitative estimate of drug-likeness (QED) is 0.464. The van der Waals surface area contributed by atoms with Crippen molar-refractivity contribution < 1.29 is 0 Å². The first-order valence-corrected chi connectivity index (χ1v) is 7.59. The zero-order valence-corrected chi connectivity index (χ0v) is 12.6. The monoisotopic (exact) mass is 239 g/mol. The van der Waals surface area contributed by atoms with Crippen molar-refractivity contribution in [2.24, 2.45) is 5.92 Å². The first kappa shape index (κ1) is 16.7. The first-order chi connectivity index (χ1) is 8.19. The van der Waals surface area contributed by atoms with Crippen LogP contribution in [0.3, 0.4) is 0 Å². The molecule has 0 spiro atoms. The summed E-state index contributed by atoms with van der Waals surface area (Å²) in [6.45, 7) is 17.0. The Morgan fingerprint density at radius 1 is 0.882 bits per heavy atom. The maximum Gasteiger partial charge on any atom is 0.0192 e. The summed E-state index contributed by atoms with van der Waals surface area (Å²) in [6, 6.07) is 0. The lowest BCUT2D eigenvalue weighted by Crippen LogP contribution is -2.29. The second-order valence-corrected chi connectivity index (χ2v) is 5.21.